The molecule has 0 radical (unpaired) electrons. The number of guanidine groups is 4. The minimum Gasteiger partial charge on any atom is -0.508 e. The monoisotopic (exact) mass is 1630 g/mol. The van der Waals surface area contributed by atoms with Crippen molar-refractivity contribution < 1.29 is 72.5 Å². The summed E-state index contributed by atoms with van der Waals surface area (Å²) in [6, 6.07) is -0.0917. The summed E-state index contributed by atoms with van der Waals surface area (Å²) in [7, 11) is 0. The molecule has 1 aliphatic heterocycles. The number of amides is 12. The lowest BCUT2D eigenvalue weighted by molar-refractivity contribution is -0.143. The highest BCUT2D eigenvalue weighted by atomic mass is 16.4. The third kappa shape index (κ3) is 38.5. The number of rotatable bonds is 54. The first-order valence-electron chi connectivity index (χ1n) is 39.2. The average Bonchev–Trinajstić information content (AvgIpc) is 1.66. The van der Waals surface area contributed by atoms with Crippen molar-refractivity contribution in [3.8, 4) is 5.75 Å². The van der Waals surface area contributed by atoms with Crippen molar-refractivity contribution in [3.05, 3.63) is 65.7 Å². The minimum atomic E-state index is -1.50. The van der Waals surface area contributed by atoms with Crippen LogP contribution >= 0.6 is 0 Å². The number of aliphatic imine (C=N–C) groups is 4. The Kier molecular flexibility index (Phi) is 44.8. The van der Waals surface area contributed by atoms with Gasteiger partial charge < -0.3 is 131 Å². The second-order valence-corrected chi connectivity index (χ2v) is 29.4. The van der Waals surface area contributed by atoms with Gasteiger partial charge in [-0.15, -0.1) is 0 Å². The molecule has 1 saturated heterocycles. The molecule has 0 spiro atoms. The maximum Gasteiger partial charge on any atom is 0.326 e. The Morgan fingerprint density at radius 3 is 1.34 bits per heavy atom. The molecule has 2 aromatic carbocycles. The number of aromatic hydroxyl groups is 1. The van der Waals surface area contributed by atoms with Gasteiger partial charge in [-0.25, -0.2) is 4.79 Å². The summed E-state index contributed by atoms with van der Waals surface area (Å²) >= 11 is 0. The minimum absolute atomic E-state index is 0.00689. The fraction of sp³-hybridized carbons (Fsp3) is 0.613. The van der Waals surface area contributed by atoms with E-state index >= 15 is 9.59 Å². The molecule has 12 amide bonds. The number of carboxylic acids is 1. The number of nitrogens with one attached hydrogen (secondary N) is 11. The lowest BCUT2D eigenvalue weighted by Gasteiger charge is -2.32. The Bertz CT molecular complexity index is 3640. The summed E-state index contributed by atoms with van der Waals surface area (Å²) in [4.78, 5) is 201. The molecular formula is C75H126N26O15. The van der Waals surface area contributed by atoms with E-state index in [-0.39, 0.29) is 170 Å². The third-order valence-electron chi connectivity index (χ3n) is 18.7. The highest BCUT2D eigenvalue weighted by molar-refractivity contribution is 6.00. The number of aliphatic carboxylic acids is 1. The summed E-state index contributed by atoms with van der Waals surface area (Å²) in [5.74, 6) is -13.1. The van der Waals surface area contributed by atoms with Gasteiger partial charge in [-0.3, -0.25) is 77.5 Å². The van der Waals surface area contributed by atoms with Crippen LogP contribution in [0.5, 0.6) is 5.75 Å². The predicted molar refractivity (Wildman–Crippen MR) is 437 cm³/mol. The van der Waals surface area contributed by atoms with Gasteiger partial charge in [0, 0.05) is 39.1 Å². The number of unbranched alkanes of at least 4 members (excludes halogenated alkanes) is 1. The fourth-order valence-electron chi connectivity index (χ4n) is 12.4. The van der Waals surface area contributed by atoms with Crippen molar-refractivity contribution in [2.75, 3.05) is 52.4 Å². The Labute approximate surface area is 676 Å². The molecular weight excluding hydrogens is 1500 g/mol. The van der Waals surface area contributed by atoms with Gasteiger partial charge >= 0.3 is 5.97 Å². The van der Waals surface area contributed by atoms with Gasteiger partial charge in [0.25, 0.3) is 0 Å². The van der Waals surface area contributed by atoms with Crippen LogP contribution in [-0.2, 0) is 75.2 Å². The van der Waals surface area contributed by atoms with Gasteiger partial charge in [-0.1, -0.05) is 90.4 Å². The molecule has 0 aliphatic carbocycles. The summed E-state index contributed by atoms with van der Waals surface area (Å²) < 4.78 is 0. The number of carbonyl (C=O) groups is 13. The number of hydrogen-bond donors (Lipinski definition) is 23. The van der Waals surface area contributed by atoms with Crippen LogP contribution in [0, 0.1) is 17.8 Å². The van der Waals surface area contributed by atoms with Crippen LogP contribution in [0.15, 0.2) is 74.6 Å². The lowest BCUT2D eigenvalue weighted by atomic mass is 9.96. The van der Waals surface area contributed by atoms with Crippen LogP contribution in [-0.4, -0.2) is 235 Å². The van der Waals surface area contributed by atoms with E-state index in [4.69, 9.17) is 57.3 Å². The molecule has 0 unspecified atom stereocenters. The summed E-state index contributed by atoms with van der Waals surface area (Å²) in [6.45, 7) is 9.62. The summed E-state index contributed by atoms with van der Waals surface area (Å²) in [5.41, 5.74) is 58.0. The lowest BCUT2D eigenvalue weighted by Crippen LogP contribution is -2.61. The maximum absolute atomic E-state index is 15.1. The molecule has 0 aromatic heterocycles. The zero-order chi connectivity index (χ0) is 86.6. The van der Waals surface area contributed by atoms with Crippen molar-refractivity contribution in [1.82, 2.24) is 63.4 Å². The van der Waals surface area contributed by atoms with Gasteiger partial charge in [0.15, 0.2) is 23.8 Å². The van der Waals surface area contributed by atoms with E-state index in [1.807, 2.05) is 0 Å². The second kappa shape index (κ2) is 52.7. The molecule has 0 bridgehead atoms. The molecule has 1 fully saturated rings. The number of nitrogens with zero attached hydrogens (tertiary/aromatic N) is 5. The standard InChI is InChI=1S/C75H126N26O15/c1-7-44(6)60(69(113)96-52(24-16-34-89-75(84)85)70(114)101-35-17-25-57(101)68(112)95-50(22-14-32-87-73(80)81)63(107)98-55(37-43(4)5)66(110)97-53(71(115)116)20-11-12-30-76)100-64(108)51(23-15-33-88-74(82)83)93-62(106)49(21-13-31-86-72(78)79)94-65(109)54(36-42(2)3)99-67(111)56(39-45-18-9-8-10-19-45)92-59(104)41-90-58(103)40-91-61(105)48(77)38-46-26-28-47(102)29-27-46/h8-10,18-19,26-29,42-44,48-57,60,102H,7,11-17,20-25,30-41,76-77H2,1-6H3,(H,90,103)(H,91,105)(H,92,104)(H,93,106)(H,94,109)(H,95,112)(H,96,113)(H,97,110)(H,98,107)(H,99,111)(H,100,108)(H,115,116)(H4,78,79,86)(H4,80,81,87)(H4,82,83,88)(H4,84,85,89)/t44-,48-,49-,50-,51-,52-,53-,54-,55-,56-,57+,60-/m0/s1. The van der Waals surface area contributed by atoms with Crippen molar-refractivity contribution in [2.45, 2.75) is 224 Å². The maximum atomic E-state index is 15.1. The van der Waals surface area contributed by atoms with Crippen molar-refractivity contribution in [1.29, 1.82) is 0 Å². The SMILES string of the molecule is CC[C@H](C)[C@H](NC(=O)[C@H](CCCN=C(N)N)NC(=O)[C@H](CCCN=C(N)N)NC(=O)[C@H](CC(C)C)NC(=O)[C@H](Cc1ccccc1)NC(=O)CNC(=O)CNC(=O)[C@@H](N)Cc1ccc(O)cc1)C(=O)N[C@@H](CCCN=C(N)N)C(=O)N1CCC[C@@H]1C(=O)N[C@@H](CCCN=C(N)N)C(=O)N[C@@H](CC(C)C)C(=O)N[C@@H](CCCCN)C(=O)O. The van der Waals surface area contributed by atoms with Crippen molar-refractivity contribution in [3.63, 3.8) is 0 Å². The number of nitrogens with two attached hydrogens (primary N) is 10. The molecule has 116 heavy (non-hydrogen) atoms. The molecule has 1 aliphatic rings. The molecule has 41 heteroatoms. The van der Waals surface area contributed by atoms with E-state index in [9.17, 15) is 63.0 Å². The quantitative estimate of drug-likeness (QED) is 0.0167. The predicted octanol–water partition coefficient (Wildman–Crippen LogP) is -5.34. The second-order valence-electron chi connectivity index (χ2n) is 29.4. The van der Waals surface area contributed by atoms with Crippen LogP contribution in [0.4, 0.5) is 0 Å². The van der Waals surface area contributed by atoms with E-state index in [0.717, 1.165) is 0 Å². The zero-order valence-electron chi connectivity index (χ0n) is 67.4. The molecule has 12 atom stereocenters. The van der Waals surface area contributed by atoms with Crippen LogP contribution < -0.4 is 116 Å². The zero-order valence-corrected chi connectivity index (χ0v) is 67.4. The third-order valence-corrected chi connectivity index (χ3v) is 18.7. The van der Waals surface area contributed by atoms with Crippen molar-refractivity contribution >= 4 is 101 Å². The molecule has 2 aromatic rings. The number of phenolic OH excluding ortho intramolecular Hbond substituents is 1. The van der Waals surface area contributed by atoms with Gasteiger partial charge in [0.1, 0.15) is 66.2 Å². The van der Waals surface area contributed by atoms with Gasteiger partial charge in [0.2, 0.25) is 70.9 Å². The normalized spacial score (nSPS) is 15.2. The fourth-order valence-corrected chi connectivity index (χ4v) is 12.4. The number of benzene rings is 2. The molecule has 33 N–H and O–H groups in total. The Hall–Kier alpha value is -11.6. The smallest absolute Gasteiger partial charge is 0.326 e. The summed E-state index contributed by atoms with van der Waals surface area (Å²) in [6.07, 6.45) is 1.58. The number of carbonyl (C=O) groups excluding carboxylic acids is 12. The Balaban J connectivity index is 1.99. The van der Waals surface area contributed by atoms with E-state index in [2.05, 4.69) is 78.5 Å². The van der Waals surface area contributed by atoms with Crippen molar-refractivity contribution in [2.24, 2.45) is 95.1 Å². The summed E-state index contributed by atoms with van der Waals surface area (Å²) in [5, 5.41) is 48.7. The molecule has 646 valence electrons. The van der Waals surface area contributed by atoms with Crippen LogP contribution in [0.2, 0.25) is 0 Å². The molecule has 0 saturated carbocycles. The topological polar surface area (TPSA) is 708 Å². The van der Waals surface area contributed by atoms with Gasteiger partial charge in [0.05, 0.1) is 19.1 Å². The Morgan fingerprint density at radius 2 is 0.871 bits per heavy atom. The van der Waals surface area contributed by atoms with E-state index < -0.39 is 162 Å². The first-order valence-corrected chi connectivity index (χ1v) is 39.2. The number of likely N-dealkylation sites (tertiary alicyclic amines) is 1. The van der Waals surface area contributed by atoms with E-state index in [1.54, 1.807) is 84.0 Å². The van der Waals surface area contributed by atoms with Gasteiger partial charge in [-0.05, 0) is 150 Å². The number of phenols is 1. The van der Waals surface area contributed by atoms with E-state index in [0.29, 0.717) is 36.9 Å². The average molecular weight is 1630 g/mol. The highest BCUT2D eigenvalue weighted by Gasteiger charge is 2.42. The van der Waals surface area contributed by atoms with Crippen LogP contribution in [0.3, 0.4) is 0 Å². The first kappa shape index (κ1) is 98.5. The van der Waals surface area contributed by atoms with Gasteiger partial charge in [-0.2, -0.15) is 0 Å². The van der Waals surface area contributed by atoms with Crippen LogP contribution in [0.25, 0.3) is 0 Å². The Morgan fingerprint density at radius 1 is 0.457 bits per heavy atom. The van der Waals surface area contributed by atoms with E-state index in [1.165, 1.54) is 17.0 Å². The first-order chi connectivity index (χ1) is 54.9. The molecule has 3 rings (SSSR count). The largest absolute Gasteiger partial charge is 0.508 e. The molecule has 1 heterocycles. The number of hydrogen-bond acceptors (Lipinski definition) is 20. The highest BCUT2D eigenvalue weighted by Crippen LogP contribution is 2.22. The van der Waals surface area contributed by atoms with Crippen LogP contribution in [0.1, 0.15) is 155 Å². The molecule has 41 nitrogen and oxygen atoms in total. The number of carboxylic acid groups (broad SMARTS) is 1.